The van der Waals surface area contributed by atoms with E-state index in [1.165, 1.54) is 6.33 Å². The van der Waals surface area contributed by atoms with Gasteiger partial charge < -0.3 is 0 Å². The number of hydrogen-bond donors (Lipinski definition) is 1. The summed E-state index contributed by atoms with van der Waals surface area (Å²) in [5, 5.41) is 5.89. The van der Waals surface area contributed by atoms with E-state index in [-0.39, 0.29) is 5.91 Å². The van der Waals surface area contributed by atoms with Gasteiger partial charge in [-0.1, -0.05) is 18.2 Å². The number of fused-ring (bicyclic) bond motifs is 1. The van der Waals surface area contributed by atoms with Crippen LogP contribution < -0.4 is 10.4 Å². The second-order valence-electron chi connectivity index (χ2n) is 5.66. The van der Waals surface area contributed by atoms with Gasteiger partial charge in [-0.25, -0.2) is 9.50 Å². The van der Waals surface area contributed by atoms with E-state index in [1.807, 2.05) is 51.2 Å². The van der Waals surface area contributed by atoms with Crippen molar-refractivity contribution in [3.05, 3.63) is 53.6 Å². The second kappa shape index (κ2) is 6.66. The molecule has 0 atom stereocenters. The Morgan fingerprint density at radius 3 is 2.75 bits per heavy atom. The molecule has 7 nitrogen and oxygen atoms in total. The summed E-state index contributed by atoms with van der Waals surface area (Å²) < 4.78 is 1.70. The number of aryl methyl sites for hydroxylation is 2. The van der Waals surface area contributed by atoms with E-state index in [2.05, 4.69) is 20.5 Å². The molecule has 124 valence electrons. The van der Waals surface area contributed by atoms with Crippen molar-refractivity contribution >= 4 is 17.4 Å². The zero-order valence-corrected chi connectivity index (χ0v) is 14.0. The maximum Gasteiger partial charge on any atom is 0.252 e. The molecule has 0 fully saturated rings. The predicted molar refractivity (Wildman–Crippen MR) is 91.6 cm³/mol. The van der Waals surface area contributed by atoms with Gasteiger partial charge in [-0.2, -0.15) is 10.1 Å². The number of carbonyl (C=O) groups excluding carboxylic acids is 1. The van der Waals surface area contributed by atoms with Crippen LogP contribution in [0.25, 0.3) is 5.78 Å². The molecular formula is C17H20N6O. The summed E-state index contributed by atoms with van der Waals surface area (Å²) in [5.41, 5.74) is 6.70. The van der Waals surface area contributed by atoms with Crippen molar-refractivity contribution in [2.24, 2.45) is 0 Å². The zero-order chi connectivity index (χ0) is 17.1. The molecule has 0 saturated heterocycles. The van der Waals surface area contributed by atoms with E-state index in [1.54, 1.807) is 9.52 Å². The van der Waals surface area contributed by atoms with Gasteiger partial charge in [0.2, 0.25) is 5.91 Å². The summed E-state index contributed by atoms with van der Waals surface area (Å²) >= 11 is 0. The minimum absolute atomic E-state index is 0.0427. The number of amides is 1. The first-order valence-corrected chi connectivity index (χ1v) is 7.80. The number of hydrogen-bond acceptors (Lipinski definition) is 5. The normalized spacial score (nSPS) is 10.8. The van der Waals surface area contributed by atoms with Gasteiger partial charge in [-0.3, -0.25) is 15.2 Å². The van der Waals surface area contributed by atoms with Gasteiger partial charge in [-0.05, 0) is 38.0 Å². The third-order valence-electron chi connectivity index (χ3n) is 4.03. The third-order valence-corrected chi connectivity index (χ3v) is 4.03. The molecule has 3 aromatic rings. The van der Waals surface area contributed by atoms with Crippen molar-refractivity contribution in [2.75, 3.05) is 12.1 Å². The highest BCUT2D eigenvalue weighted by molar-refractivity contribution is 5.78. The first-order chi connectivity index (χ1) is 11.6. The number of nitrogens with one attached hydrogen (secondary N) is 1. The van der Waals surface area contributed by atoms with Crippen LogP contribution in [0.4, 0.5) is 5.69 Å². The number of para-hydroxylation sites is 1. The summed E-state index contributed by atoms with van der Waals surface area (Å²) in [5.74, 6) is 0.542. The summed E-state index contributed by atoms with van der Waals surface area (Å²) in [6.45, 7) is 3.91. The van der Waals surface area contributed by atoms with Crippen LogP contribution in [0.3, 0.4) is 0 Å². The lowest BCUT2D eigenvalue weighted by Crippen LogP contribution is -2.39. The Kier molecular flexibility index (Phi) is 4.41. The molecule has 0 aliphatic rings. The Labute approximate surface area is 140 Å². The third kappa shape index (κ3) is 3.19. The number of nitrogens with zero attached hydrogens (tertiary/aromatic N) is 5. The molecule has 1 aromatic carbocycles. The van der Waals surface area contributed by atoms with Crippen LogP contribution in [-0.2, 0) is 11.2 Å². The smallest absolute Gasteiger partial charge is 0.252 e. The van der Waals surface area contributed by atoms with Gasteiger partial charge >= 0.3 is 0 Å². The van der Waals surface area contributed by atoms with Crippen LogP contribution in [0, 0.1) is 13.8 Å². The number of anilines is 1. The van der Waals surface area contributed by atoms with E-state index >= 15 is 0 Å². The van der Waals surface area contributed by atoms with E-state index in [9.17, 15) is 4.79 Å². The molecule has 0 bridgehead atoms. The Balaban J connectivity index is 1.66. The molecular weight excluding hydrogens is 304 g/mol. The van der Waals surface area contributed by atoms with Gasteiger partial charge in [-0.15, -0.1) is 0 Å². The molecule has 0 spiro atoms. The van der Waals surface area contributed by atoms with Crippen LogP contribution >= 0.6 is 0 Å². The molecule has 3 rings (SSSR count). The standard InChI is InChI=1S/C17H20N6O/c1-12-15(13(2)23-17(20-12)18-11-19-23)9-10-16(24)21-22(3)14-7-5-4-6-8-14/h4-8,11H,9-10H2,1-3H3,(H,21,24). The maximum atomic E-state index is 12.2. The van der Waals surface area contributed by atoms with E-state index in [4.69, 9.17) is 0 Å². The largest absolute Gasteiger partial charge is 0.289 e. The molecule has 2 aromatic heterocycles. The molecule has 0 saturated carbocycles. The average molecular weight is 324 g/mol. The second-order valence-corrected chi connectivity index (χ2v) is 5.66. The molecule has 0 aliphatic heterocycles. The molecule has 0 radical (unpaired) electrons. The molecule has 1 amide bonds. The molecule has 0 aliphatic carbocycles. The monoisotopic (exact) mass is 324 g/mol. The van der Waals surface area contributed by atoms with Crippen molar-refractivity contribution in [2.45, 2.75) is 26.7 Å². The van der Waals surface area contributed by atoms with Crippen molar-refractivity contribution in [3.8, 4) is 0 Å². The number of aromatic nitrogens is 4. The zero-order valence-electron chi connectivity index (χ0n) is 14.0. The summed E-state index contributed by atoms with van der Waals surface area (Å²) in [6.07, 6.45) is 2.47. The molecule has 7 heteroatoms. The van der Waals surface area contributed by atoms with Gasteiger partial charge in [0, 0.05) is 24.9 Å². The Hall–Kier alpha value is -2.96. The fourth-order valence-electron chi connectivity index (χ4n) is 2.71. The van der Waals surface area contributed by atoms with Crippen molar-refractivity contribution < 1.29 is 4.79 Å². The van der Waals surface area contributed by atoms with Crippen LogP contribution in [0.5, 0.6) is 0 Å². The first-order valence-electron chi connectivity index (χ1n) is 7.80. The van der Waals surface area contributed by atoms with Crippen LogP contribution in [-0.4, -0.2) is 32.5 Å². The molecule has 1 N–H and O–H groups in total. The average Bonchev–Trinajstić information content (AvgIpc) is 3.04. The molecule has 2 heterocycles. The van der Waals surface area contributed by atoms with Crippen molar-refractivity contribution in [3.63, 3.8) is 0 Å². The Bertz CT molecular complexity index is 858. The number of rotatable bonds is 5. The highest BCUT2D eigenvalue weighted by atomic mass is 16.2. The summed E-state index contributed by atoms with van der Waals surface area (Å²) in [7, 11) is 1.83. The first kappa shape index (κ1) is 15.9. The maximum absolute atomic E-state index is 12.2. The summed E-state index contributed by atoms with van der Waals surface area (Å²) in [4.78, 5) is 20.8. The minimum Gasteiger partial charge on any atom is -0.289 e. The van der Waals surface area contributed by atoms with Crippen LogP contribution in [0.15, 0.2) is 36.7 Å². The number of carbonyl (C=O) groups is 1. The van der Waals surface area contributed by atoms with Gasteiger partial charge in [0.25, 0.3) is 5.78 Å². The SMILES string of the molecule is Cc1nc2ncnn2c(C)c1CCC(=O)NN(C)c1ccccc1. The van der Waals surface area contributed by atoms with Gasteiger partial charge in [0.1, 0.15) is 6.33 Å². The highest BCUT2D eigenvalue weighted by Gasteiger charge is 2.13. The lowest BCUT2D eigenvalue weighted by Gasteiger charge is -2.20. The van der Waals surface area contributed by atoms with Crippen molar-refractivity contribution in [1.82, 2.24) is 25.0 Å². The fraction of sp³-hybridized carbons (Fsp3) is 0.294. The Morgan fingerprint density at radius 1 is 1.25 bits per heavy atom. The minimum atomic E-state index is -0.0427. The van der Waals surface area contributed by atoms with E-state index in [0.717, 1.165) is 22.6 Å². The lowest BCUT2D eigenvalue weighted by atomic mass is 10.1. The number of hydrazine groups is 1. The highest BCUT2D eigenvalue weighted by Crippen LogP contribution is 2.15. The predicted octanol–water partition coefficient (Wildman–Crippen LogP) is 1.84. The molecule has 24 heavy (non-hydrogen) atoms. The summed E-state index contributed by atoms with van der Waals surface area (Å²) in [6, 6.07) is 9.69. The quantitative estimate of drug-likeness (QED) is 0.725. The Morgan fingerprint density at radius 2 is 2.00 bits per heavy atom. The number of benzene rings is 1. The fourth-order valence-corrected chi connectivity index (χ4v) is 2.71. The van der Waals surface area contributed by atoms with Crippen molar-refractivity contribution in [1.29, 1.82) is 0 Å². The molecule has 0 unspecified atom stereocenters. The van der Waals surface area contributed by atoms with Crippen LogP contribution in [0.2, 0.25) is 0 Å². The van der Waals surface area contributed by atoms with Crippen LogP contribution in [0.1, 0.15) is 23.4 Å². The topological polar surface area (TPSA) is 75.4 Å². The van der Waals surface area contributed by atoms with E-state index < -0.39 is 0 Å². The van der Waals surface area contributed by atoms with Gasteiger partial charge in [0.15, 0.2) is 0 Å². The lowest BCUT2D eigenvalue weighted by molar-refractivity contribution is -0.121. The van der Waals surface area contributed by atoms with E-state index in [0.29, 0.717) is 18.6 Å². The van der Waals surface area contributed by atoms with Gasteiger partial charge in [0.05, 0.1) is 5.69 Å².